The van der Waals surface area contributed by atoms with E-state index in [-0.39, 0.29) is 10.8 Å². The Labute approximate surface area is 199 Å². The van der Waals surface area contributed by atoms with Gasteiger partial charge in [0.05, 0.1) is 31.9 Å². The van der Waals surface area contributed by atoms with E-state index in [1.165, 1.54) is 30.2 Å². The summed E-state index contributed by atoms with van der Waals surface area (Å²) in [7, 11) is -3.71. The van der Waals surface area contributed by atoms with Crippen LogP contribution in [0.1, 0.15) is 30.9 Å². The zero-order valence-electron chi connectivity index (χ0n) is 18.4. The first-order valence-corrected chi connectivity index (χ1v) is 13.6. The molecule has 2 aliphatic rings. The van der Waals surface area contributed by atoms with Gasteiger partial charge in [0.15, 0.2) is 0 Å². The average Bonchev–Trinajstić information content (AvgIpc) is 3.19. The van der Waals surface area contributed by atoms with E-state index in [1.807, 2.05) is 6.07 Å². The molecule has 8 heteroatoms. The minimum atomic E-state index is -3.71. The molecule has 0 saturated carbocycles. The number of fused-ring (bicyclic) bond motifs is 1. The fraction of sp³-hybridized carbons (Fsp3) is 0.458. The van der Waals surface area contributed by atoms with E-state index >= 15 is 0 Å². The molecule has 2 aromatic rings. The van der Waals surface area contributed by atoms with Crippen molar-refractivity contribution in [1.29, 1.82) is 0 Å². The first-order chi connectivity index (χ1) is 15.3. The predicted octanol–water partition coefficient (Wildman–Crippen LogP) is 2.17. The molecule has 0 radical (unpaired) electrons. The monoisotopic (exact) mass is 520 g/mol. The Morgan fingerprint density at radius 3 is 2.59 bits per heavy atom. The van der Waals surface area contributed by atoms with Gasteiger partial charge in [-0.25, -0.2) is 13.1 Å². The van der Waals surface area contributed by atoms with Crippen molar-refractivity contribution in [3.05, 3.63) is 58.1 Å². The number of hydrogen-bond donors (Lipinski definition) is 2. The summed E-state index contributed by atoms with van der Waals surface area (Å²) < 4.78 is 29.8. The Hall–Kier alpha value is -1.74. The highest BCUT2D eigenvalue weighted by Gasteiger charge is 2.31. The minimum Gasteiger partial charge on any atom is -0.334 e. The molecule has 2 heterocycles. The topological polar surface area (TPSA) is 70.9 Å². The van der Waals surface area contributed by atoms with Gasteiger partial charge in [0.2, 0.25) is 15.9 Å². The van der Waals surface area contributed by atoms with Crippen LogP contribution >= 0.6 is 15.9 Å². The number of quaternary nitrogens is 1. The van der Waals surface area contributed by atoms with E-state index in [1.54, 1.807) is 11.0 Å². The van der Waals surface area contributed by atoms with E-state index in [0.29, 0.717) is 35.6 Å². The third kappa shape index (κ3) is 5.42. The van der Waals surface area contributed by atoms with Crippen molar-refractivity contribution in [2.75, 3.05) is 37.6 Å². The molecule has 1 saturated heterocycles. The van der Waals surface area contributed by atoms with Crippen molar-refractivity contribution < 1.29 is 18.1 Å². The second kappa shape index (κ2) is 10.0. The zero-order valence-corrected chi connectivity index (χ0v) is 20.8. The zero-order chi connectivity index (χ0) is 22.7. The third-order valence-corrected chi connectivity index (χ3v) is 8.55. The number of carbonyl (C=O) groups excluding carboxylic acids is 1. The first kappa shape index (κ1) is 23.4. The van der Waals surface area contributed by atoms with Crippen LogP contribution < -0.4 is 14.5 Å². The van der Waals surface area contributed by atoms with E-state index in [2.05, 4.69) is 51.0 Å². The standard InChI is InChI=1S/C24H30BrN3O3S/c1-18(29)28-13-9-21-16-22(25)17-23(24(21)28)32(30,31)26-10-14-27-11-7-20(8-12-27)15-19-5-3-2-4-6-19/h2-6,16-17,20,26H,7-15H2,1H3/p+1. The Kier molecular flexibility index (Phi) is 7.34. The molecule has 0 spiro atoms. The van der Waals surface area contributed by atoms with Crippen LogP contribution in [0.15, 0.2) is 51.8 Å². The molecule has 172 valence electrons. The van der Waals surface area contributed by atoms with Crippen molar-refractivity contribution in [2.24, 2.45) is 5.92 Å². The van der Waals surface area contributed by atoms with Gasteiger partial charge in [-0.2, -0.15) is 0 Å². The van der Waals surface area contributed by atoms with E-state index in [9.17, 15) is 13.2 Å². The van der Waals surface area contributed by atoms with Crippen LogP contribution in [0, 0.1) is 5.92 Å². The maximum absolute atomic E-state index is 13.1. The lowest BCUT2D eigenvalue weighted by atomic mass is 9.90. The van der Waals surface area contributed by atoms with Gasteiger partial charge in [0.25, 0.3) is 0 Å². The molecule has 2 aromatic carbocycles. The van der Waals surface area contributed by atoms with Crippen molar-refractivity contribution in [3.8, 4) is 0 Å². The molecule has 0 aromatic heterocycles. The summed E-state index contributed by atoms with van der Waals surface area (Å²) in [5.74, 6) is 0.574. The molecule has 0 atom stereocenters. The van der Waals surface area contributed by atoms with Crippen molar-refractivity contribution in [1.82, 2.24) is 4.72 Å². The number of carbonyl (C=O) groups is 1. The number of rotatable bonds is 7. The van der Waals surface area contributed by atoms with Crippen LogP contribution in [-0.4, -0.2) is 47.0 Å². The quantitative estimate of drug-likeness (QED) is 0.587. The summed E-state index contributed by atoms with van der Waals surface area (Å²) >= 11 is 3.43. The second-order valence-corrected chi connectivity index (χ2v) is 11.5. The molecular formula is C24H31BrN3O3S+. The van der Waals surface area contributed by atoms with Gasteiger partial charge in [-0.3, -0.25) is 4.79 Å². The third-order valence-electron chi connectivity index (χ3n) is 6.61. The van der Waals surface area contributed by atoms with Gasteiger partial charge in [-0.05, 0) is 54.9 Å². The van der Waals surface area contributed by atoms with Crippen LogP contribution in [0.2, 0.25) is 0 Å². The largest absolute Gasteiger partial charge is 0.334 e. The van der Waals surface area contributed by atoms with Crippen molar-refractivity contribution >= 4 is 37.5 Å². The molecule has 2 N–H and O–H groups in total. The summed E-state index contributed by atoms with van der Waals surface area (Å²) in [5, 5.41) is 0. The lowest BCUT2D eigenvalue weighted by molar-refractivity contribution is -0.904. The fourth-order valence-electron chi connectivity index (χ4n) is 4.92. The number of hydrogen-bond acceptors (Lipinski definition) is 3. The van der Waals surface area contributed by atoms with E-state index in [4.69, 9.17) is 0 Å². The summed E-state index contributed by atoms with van der Waals surface area (Å²) in [6, 6.07) is 14.1. The van der Waals surface area contributed by atoms with E-state index < -0.39 is 10.0 Å². The van der Waals surface area contributed by atoms with Crippen LogP contribution in [-0.2, 0) is 27.7 Å². The van der Waals surface area contributed by atoms with Crippen molar-refractivity contribution in [3.63, 3.8) is 0 Å². The number of amides is 1. The molecule has 0 bridgehead atoms. The Bertz CT molecular complexity index is 1070. The molecule has 4 rings (SSSR count). The second-order valence-electron chi connectivity index (χ2n) is 8.86. The summed E-state index contributed by atoms with van der Waals surface area (Å²) in [6.07, 6.45) is 4.13. The maximum Gasteiger partial charge on any atom is 0.242 e. The Morgan fingerprint density at radius 2 is 1.91 bits per heavy atom. The fourth-order valence-corrected chi connectivity index (χ4v) is 6.88. The van der Waals surface area contributed by atoms with Gasteiger partial charge < -0.3 is 9.80 Å². The molecular weight excluding hydrogens is 490 g/mol. The highest BCUT2D eigenvalue weighted by molar-refractivity contribution is 9.10. The van der Waals surface area contributed by atoms with Gasteiger partial charge in [0.1, 0.15) is 4.90 Å². The van der Waals surface area contributed by atoms with Gasteiger partial charge in [-0.15, -0.1) is 0 Å². The molecule has 1 fully saturated rings. The molecule has 2 aliphatic heterocycles. The van der Waals surface area contributed by atoms with Crippen LogP contribution in [0.5, 0.6) is 0 Å². The van der Waals surface area contributed by atoms with Crippen LogP contribution in [0.4, 0.5) is 5.69 Å². The number of halogens is 1. The van der Waals surface area contributed by atoms with Gasteiger partial charge in [-0.1, -0.05) is 46.3 Å². The average molecular weight is 522 g/mol. The predicted molar refractivity (Wildman–Crippen MR) is 129 cm³/mol. The number of nitrogens with zero attached hydrogens (tertiary/aromatic N) is 1. The molecule has 6 nitrogen and oxygen atoms in total. The van der Waals surface area contributed by atoms with Crippen LogP contribution in [0.3, 0.4) is 0 Å². The van der Waals surface area contributed by atoms with E-state index in [0.717, 1.165) is 31.6 Å². The SMILES string of the molecule is CC(=O)N1CCc2cc(Br)cc(S(=O)(=O)NCC[NH+]3CCC(Cc4ccccc4)CC3)c21. The Balaban J connectivity index is 1.33. The minimum absolute atomic E-state index is 0.134. The summed E-state index contributed by atoms with van der Waals surface area (Å²) in [5.41, 5.74) is 2.82. The van der Waals surface area contributed by atoms with Crippen LogP contribution in [0.25, 0.3) is 0 Å². The summed E-state index contributed by atoms with van der Waals surface area (Å²) in [6.45, 7) is 5.30. The first-order valence-electron chi connectivity index (χ1n) is 11.3. The summed E-state index contributed by atoms with van der Waals surface area (Å²) in [4.78, 5) is 15.2. The number of sulfonamides is 1. The number of benzene rings is 2. The lowest BCUT2D eigenvalue weighted by Gasteiger charge is -2.29. The number of nitrogens with one attached hydrogen (secondary N) is 2. The number of likely N-dealkylation sites (tertiary alicyclic amines) is 1. The van der Waals surface area contributed by atoms with Crippen molar-refractivity contribution in [2.45, 2.75) is 37.5 Å². The molecule has 0 unspecified atom stereocenters. The highest BCUT2D eigenvalue weighted by atomic mass is 79.9. The van der Waals surface area contributed by atoms with Gasteiger partial charge >= 0.3 is 0 Å². The molecule has 0 aliphatic carbocycles. The highest BCUT2D eigenvalue weighted by Crippen LogP contribution is 2.37. The lowest BCUT2D eigenvalue weighted by Crippen LogP contribution is -3.13. The maximum atomic E-state index is 13.1. The van der Waals surface area contributed by atoms with Gasteiger partial charge in [0, 0.05) is 17.9 Å². The number of anilines is 1. The number of piperidine rings is 1. The molecule has 1 amide bonds. The smallest absolute Gasteiger partial charge is 0.242 e. The normalized spacial score (nSPS) is 20.9. The molecule has 32 heavy (non-hydrogen) atoms. The Morgan fingerprint density at radius 1 is 1.19 bits per heavy atom.